The van der Waals surface area contributed by atoms with Crippen molar-refractivity contribution in [2.45, 2.75) is 39.2 Å². The van der Waals surface area contributed by atoms with Crippen LogP contribution in [0.2, 0.25) is 0 Å². The van der Waals surface area contributed by atoms with Gasteiger partial charge >= 0.3 is 5.97 Å². The third kappa shape index (κ3) is 5.10. The minimum atomic E-state index is -0.944. The first-order valence-corrected chi connectivity index (χ1v) is 9.62. The number of carbonyl (C=O) groups is 2. The van der Waals surface area contributed by atoms with E-state index in [2.05, 4.69) is 24.1 Å². The minimum Gasteiger partial charge on any atom is -0.449 e. The Morgan fingerprint density at radius 1 is 1.14 bits per heavy atom. The molecule has 150 valence electrons. The van der Waals surface area contributed by atoms with E-state index in [1.54, 1.807) is 6.07 Å². The third-order valence-corrected chi connectivity index (χ3v) is 4.70. The highest BCUT2D eigenvalue weighted by Crippen LogP contribution is 2.26. The topological polar surface area (TPSA) is 81.4 Å². The van der Waals surface area contributed by atoms with Gasteiger partial charge in [0.05, 0.1) is 0 Å². The highest BCUT2D eigenvalue weighted by molar-refractivity contribution is 5.97. The van der Waals surface area contributed by atoms with Gasteiger partial charge in [-0.1, -0.05) is 44.2 Å². The van der Waals surface area contributed by atoms with E-state index < -0.39 is 12.1 Å². The molecule has 6 heteroatoms. The number of nitrogens with zero attached hydrogens (tertiary/aromatic N) is 1. The van der Waals surface area contributed by atoms with Crippen LogP contribution in [-0.2, 0) is 14.3 Å². The molecule has 0 fully saturated rings. The van der Waals surface area contributed by atoms with Gasteiger partial charge in [-0.15, -0.1) is 0 Å². The lowest BCUT2D eigenvalue weighted by molar-refractivity contribution is -0.148. The van der Waals surface area contributed by atoms with E-state index in [0.29, 0.717) is 22.9 Å². The summed E-state index contributed by atoms with van der Waals surface area (Å²) in [6.45, 7) is 5.73. The molecule has 2 aromatic carbocycles. The van der Waals surface area contributed by atoms with Crippen molar-refractivity contribution in [3.8, 4) is 0 Å². The number of hydrogen-bond acceptors (Lipinski definition) is 5. The van der Waals surface area contributed by atoms with Crippen molar-refractivity contribution in [2.24, 2.45) is 0 Å². The fraction of sp³-hybridized carbons (Fsp3) is 0.261. The number of rotatable bonds is 7. The predicted molar refractivity (Wildman–Crippen MR) is 112 cm³/mol. The number of anilines is 1. The molecule has 2 atom stereocenters. The summed E-state index contributed by atoms with van der Waals surface area (Å²) in [5.41, 5.74) is 3.12. The van der Waals surface area contributed by atoms with E-state index in [4.69, 9.17) is 9.15 Å². The van der Waals surface area contributed by atoms with Gasteiger partial charge in [0.15, 0.2) is 11.7 Å². The number of carbonyl (C=O) groups excluding carboxylic acids is 2. The molecule has 0 aliphatic carbocycles. The Balaban J connectivity index is 1.60. The lowest BCUT2D eigenvalue weighted by Gasteiger charge is -2.17. The van der Waals surface area contributed by atoms with Crippen molar-refractivity contribution in [1.29, 1.82) is 0 Å². The molecule has 1 N–H and O–H groups in total. The van der Waals surface area contributed by atoms with Crippen LogP contribution >= 0.6 is 0 Å². The van der Waals surface area contributed by atoms with Crippen LogP contribution in [-0.4, -0.2) is 23.0 Å². The highest BCUT2D eigenvalue weighted by atomic mass is 16.5. The number of amides is 1. The van der Waals surface area contributed by atoms with Gasteiger partial charge in [0.2, 0.25) is 5.89 Å². The molecule has 1 aromatic heterocycles. The second-order valence-corrected chi connectivity index (χ2v) is 6.82. The zero-order valence-corrected chi connectivity index (χ0v) is 16.7. The van der Waals surface area contributed by atoms with E-state index in [1.807, 2.05) is 42.5 Å². The first kappa shape index (κ1) is 20.3. The third-order valence-electron chi connectivity index (χ3n) is 4.70. The smallest absolute Gasteiger partial charge is 0.331 e. The molecule has 0 radical (unpaired) electrons. The molecule has 0 aliphatic rings. The van der Waals surface area contributed by atoms with Gasteiger partial charge in [-0.3, -0.25) is 4.79 Å². The van der Waals surface area contributed by atoms with E-state index >= 15 is 0 Å². The van der Waals surface area contributed by atoms with Crippen molar-refractivity contribution < 1.29 is 18.7 Å². The standard InChI is InChI=1S/C23H24N2O4/c1-4-15(2)17-9-5-6-10-18(17)25-23(27)16(3)28-22(26)14-13-21-24-19-11-7-8-12-20(19)29-21/h5-16H,4H2,1-3H3,(H,25,27)/b14-13+/t15-,16+/m0/s1. The van der Waals surface area contributed by atoms with Crippen molar-refractivity contribution in [1.82, 2.24) is 4.98 Å². The summed E-state index contributed by atoms with van der Waals surface area (Å²) in [6.07, 6.45) is 2.63. The normalized spacial score (nSPS) is 13.3. The maximum absolute atomic E-state index is 12.5. The van der Waals surface area contributed by atoms with Gasteiger partial charge < -0.3 is 14.5 Å². The zero-order chi connectivity index (χ0) is 20.8. The van der Waals surface area contributed by atoms with Crippen LogP contribution in [0.1, 0.15) is 44.6 Å². The van der Waals surface area contributed by atoms with Crippen LogP contribution in [0, 0.1) is 0 Å². The molecule has 3 aromatic rings. The Hall–Kier alpha value is -3.41. The second-order valence-electron chi connectivity index (χ2n) is 6.82. The molecule has 0 aliphatic heterocycles. The molecular formula is C23H24N2O4. The number of fused-ring (bicyclic) bond motifs is 1. The Kier molecular flexibility index (Phi) is 6.44. The Morgan fingerprint density at radius 2 is 1.86 bits per heavy atom. The minimum absolute atomic E-state index is 0.294. The molecule has 0 saturated heterocycles. The average molecular weight is 392 g/mol. The number of hydrogen-bond donors (Lipinski definition) is 1. The van der Waals surface area contributed by atoms with Crippen LogP contribution < -0.4 is 5.32 Å². The number of aromatic nitrogens is 1. The number of para-hydroxylation sites is 3. The van der Waals surface area contributed by atoms with E-state index in [1.165, 1.54) is 19.1 Å². The number of benzene rings is 2. The molecule has 0 unspecified atom stereocenters. The van der Waals surface area contributed by atoms with Gasteiger partial charge in [0, 0.05) is 17.8 Å². The van der Waals surface area contributed by atoms with Gasteiger partial charge in [-0.2, -0.15) is 0 Å². The van der Waals surface area contributed by atoms with Crippen LogP contribution in [0.4, 0.5) is 5.69 Å². The van der Waals surface area contributed by atoms with E-state index in [-0.39, 0.29) is 5.91 Å². The summed E-state index contributed by atoms with van der Waals surface area (Å²) in [4.78, 5) is 28.8. The second kappa shape index (κ2) is 9.19. The van der Waals surface area contributed by atoms with Gasteiger partial charge in [0.1, 0.15) is 5.52 Å². The SMILES string of the molecule is CC[C@H](C)c1ccccc1NC(=O)[C@@H](C)OC(=O)/C=C/c1nc2ccccc2o1. The number of oxazole rings is 1. The molecule has 0 saturated carbocycles. The molecule has 6 nitrogen and oxygen atoms in total. The first-order chi connectivity index (χ1) is 14.0. The molecule has 1 amide bonds. The first-order valence-electron chi connectivity index (χ1n) is 9.62. The molecular weight excluding hydrogens is 368 g/mol. The highest BCUT2D eigenvalue weighted by Gasteiger charge is 2.19. The largest absolute Gasteiger partial charge is 0.449 e. The van der Waals surface area contributed by atoms with Crippen molar-refractivity contribution in [3.05, 3.63) is 66.1 Å². The van der Waals surface area contributed by atoms with Gasteiger partial charge in [-0.05, 0) is 43.0 Å². The number of esters is 1. The van der Waals surface area contributed by atoms with Crippen LogP contribution in [0.25, 0.3) is 17.2 Å². The maximum atomic E-state index is 12.5. The summed E-state index contributed by atoms with van der Waals surface area (Å²) in [5, 5.41) is 2.85. The van der Waals surface area contributed by atoms with Crippen LogP contribution in [0.5, 0.6) is 0 Å². The zero-order valence-electron chi connectivity index (χ0n) is 16.7. The fourth-order valence-corrected chi connectivity index (χ4v) is 2.86. The lowest BCUT2D eigenvalue weighted by Crippen LogP contribution is -2.29. The summed E-state index contributed by atoms with van der Waals surface area (Å²) < 4.78 is 10.7. The van der Waals surface area contributed by atoms with Crippen LogP contribution in [0.15, 0.2) is 59.0 Å². The molecule has 3 rings (SSSR count). The van der Waals surface area contributed by atoms with Crippen molar-refractivity contribution >= 4 is 34.7 Å². The maximum Gasteiger partial charge on any atom is 0.331 e. The lowest BCUT2D eigenvalue weighted by atomic mass is 9.97. The quantitative estimate of drug-likeness (QED) is 0.456. The van der Waals surface area contributed by atoms with Crippen molar-refractivity contribution in [3.63, 3.8) is 0 Å². The van der Waals surface area contributed by atoms with Gasteiger partial charge in [0.25, 0.3) is 5.91 Å². The Bertz CT molecular complexity index is 1010. The van der Waals surface area contributed by atoms with E-state index in [0.717, 1.165) is 17.7 Å². The monoisotopic (exact) mass is 392 g/mol. The summed E-state index contributed by atoms with van der Waals surface area (Å²) >= 11 is 0. The van der Waals surface area contributed by atoms with E-state index in [9.17, 15) is 9.59 Å². The fourth-order valence-electron chi connectivity index (χ4n) is 2.86. The van der Waals surface area contributed by atoms with Crippen LogP contribution in [0.3, 0.4) is 0 Å². The Labute approximate surface area is 169 Å². The number of nitrogens with one attached hydrogen (secondary N) is 1. The summed E-state index contributed by atoms with van der Waals surface area (Å²) in [5.74, 6) is -0.430. The average Bonchev–Trinajstić information content (AvgIpc) is 3.15. The predicted octanol–water partition coefficient (Wildman–Crippen LogP) is 4.92. The molecule has 1 heterocycles. The molecule has 0 bridgehead atoms. The number of ether oxygens (including phenoxy) is 1. The molecule has 0 spiro atoms. The van der Waals surface area contributed by atoms with Gasteiger partial charge in [-0.25, -0.2) is 9.78 Å². The summed E-state index contributed by atoms with van der Waals surface area (Å²) in [6, 6.07) is 14.9. The Morgan fingerprint density at radius 3 is 2.62 bits per heavy atom. The summed E-state index contributed by atoms with van der Waals surface area (Å²) in [7, 11) is 0. The molecule has 29 heavy (non-hydrogen) atoms. The van der Waals surface area contributed by atoms with Crippen molar-refractivity contribution in [2.75, 3.05) is 5.32 Å².